The molecule has 0 aliphatic rings. The Morgan fingerprint density at radius 2 is 2.54 bits per heavy atom. The summed E-state index contributed by atoms with van der Waals surface area (Å²) in [5.74, 6) is -0.0805. The van der Waals surface area contributed by atoms with Crippen molar-refractivity contribution >= 4 is 5.91 Å². The first-order chi connectivity index (χ1) is 6.33. The van der Waals surface area contributed by atoms with Crippen molar-refractivity contribution in [3.05, 3.63) is 24.0 Å². The van der Waals surface area contributed by atoms with Crippen LogP contribution in [0.3, 0.4) is 0 Å². The average molecular weight is 182 g/mol. The van der Waals surface area contributed by atoms with E-state index in [2.05, 4.69) is 10.3 Å². The van der Waals surface area contributed by atoms with Gasteiger partial charge in [0.1, 0.15) is 6.61 Å². The molecule has 0 spiro atoms. The SMILES string of the molecule is CCOCC(=O)NCc1cc[nH]c1. The van der Waals surface area contributed by atoms with Gasteiger partial charge in [0.05, 0.1) is 0 Å². The van der Waals surface area contributed by atoms with Crippen LogP contribution in [0, 0.1) is 0 Å². The number of aromatic amines is 1. The number of H-pyrrole nitrogens is 1. The first-order valence-corrected chi connectivity index (χ1v) is 4.29. The second-order valence-corrected chi connectivity index (χ2v) is 2.63. The van der Waals surface area contributed by atoms with Crippen molar-refractivity contribution in [3.63, 3.8) is 0 Å². The van der Waals surface area contributed by atoms with Gasteiger partial charge in [0, 0.05) is 25.5 Å². The van der Waals surface area contributed by atoms with Gasteiger partial charge in [-0.25, -0.2) is 0 Å². The molecule has 0 aromatic carbocycles. The predicted octanol–water partition coefficient (Wildman–Crippen LogP) is 0.667. The highest BCUT2D eigenvalue weighted by Gasteiger charge is 1.99. The van der Waals surface area contributed by atoms with Gasteiger partial charge in [0.25, 0.3) is 0 Å². The Hall–Kier alpha value is -1.29. The van der Waals surface area contributed by atoms with E-state index in [-0.39, 0.29) is 12.5 Å². The summed E-state index contributed by atoms with van der Waals surface area (Å²) in [6, 6.07) is 1.92. The second-order valence-electron chi connectivity index (χ2n) is 2.63. The zero-order valence-corrected chi connectivity index (χ0v) is 7.67. The first-order valence-electron chi connectivity index (χ1n) is 4.29. The Bertz CT molecular complexity index is 244. The van der Waals surface area contributed by atoms with Gasteiger partial charge in [0.2, 0.25) is 5.91 Å². The van der Waals surface area contributed by atoms with Crippen LogP contribution in [0.4, 0.5) is 0 Å². The number of amides is 1. The number of rotatable bonds is 5. The molecule has 0 fully saturated rings. The second kappa shape index (κ2) is 5.37. The van der Waals surface area contributed by atoms with E-state index in [9.17, 15) is 4.79 Å². The molecule has 1 amide bonds. The van der Waals surface area contributed by atoms with Gasteiger partial charge in [-0.05, 0) is 18.6 Å². The summed E-state index contributed by atoms with van der Waals surface area (Å²) in [4.78, 5) is 14.0. The fourth-order valence-corrected chi connectivity index (χ4v) is 0.915. The summed E-state index contributed by atoms with van der Waals surface area (Å²) >= 11 is 0. The summed E-state index contributed by atoms with van der Waals surface area (Å²) in [6.07, 6.45) is 3.67. The van der Waals surface area contributed by atoms with Crippen molar-refractivity contribution in [1.29, 1.82) is 0 Å². The highest BCUT2D eigenvalue weighted by atomic mass is 16.5. The van der Waals surface area contributed by atoms with Gasteiger partial charge in [-0.1, -0.05) is 0 Å². The number of hydrogen-bond acceptors (Lipinski definition) is 2. The van der Waals surface area contributed by atoms with E-state index in [1.165, 1.54) is 0 Å². The van der Waals surface area contributed by atoms with E-state index < -0.39 is 0 Å². The van der Waals surface area contributed by atoms with Gasteiger partial charge in [-0.2, -0.15) is 0 Å². The maximum atomic E-state index is 11.1. The zero-order valence-electron chi connectivity index (χ0n) is 7.67. The number of ether oxygens (including phenoxy) is 1. The Kier molecular flexibility index (Phi) is 4.05. The van der Waals surface area contributed by atoms with Gasteiger partial charge >= 0.3 is 0 Å². The fraction of sp³-hybridized carbons (Fsp3) is 0.444. The molecular weight excluding hydrogens is 168 g/mol. The molecule has 13 heavy (non-hydrogen) atoms. The largest absolute Gasteiger partial charge is 0.372 e. The van der Waals surface area contributed by atoms with E-state index in [4.69, 9.17) is 4.74 Å². The molecule has 0 aliphatic carbocycles. The van der Waals surface area contributed by atoms with Crippen LogP contribution >= 0.6 is 0 Å². The van der Waals surface area contributed by atoms with Crippen molar-refractivity contribution in [2.24, 2.45) is 0 Å². The predicted molar refractivity (Wildman–Crippen MR) is 49.1 cm³/mol. The zero-order chi connectivity index (χ0) is 9.52. The average Bonchev–Trinajstić information content (AvgIpc) is 2.64. The summed E-state index contributed by atoms with van der Waals surface area (Å²) in [5, 5.41) is 2.74. The lowest BCUT2D eigenvalue weighted by molar-refractivity contribution is -0.125. The number of carbonyl (C=O) groups is 1. The maximum Gasteiger partial charge on any atom is 0.246 e. The number of aromatic nitrogens is 1. The molecule has 0 unspecified atom stereocenters. The van der Waals surface area contributed by atoms with Crippen LogP contribution in [0.15, 0.2) is 18.5 Å². The third-order valence-corrected chi connectivity index (χ3v) is 1.59. The van der Waals surface area contributed by atoms with Crippen LogP contribution in [0.25, 0.3) is 0 Å². The van der Waals surface area contributed by atoms with Crippen LogP contribution in [0.2, 0.25) is 0 Å². The van der Waals surface area contributed by atoms with Crippen molar-refractivity contribution in [1.82, 2.24) is 10.3 Å². The molecule has 0 bridgehead atoms. The minimum absolute atomic E-state index is 0.0805. The van der Waals surface area contributed by atoms with E-state index in [0.717, 1.165) is 5.56 Å². The maximum absolute atomic E-state index is 11.1. The fourth-order valence-electron chi connectivity index (χ4n) is 0.915. The Balaban J connectivity index is 2.15. The molecule has 0 aliphatic heterocycles. The molecule has 1 aromatic heterocycles. The molecule has 0 atom stereocenters. The summed E-state index contributed by atoms with van der Waals surface area (Å²) < 4.78 is 4.95. The van der Waals surface area contributed by atoms with Crippen molar-refractivity contribution in [2.45, 2.75) is 13.5 Å². The highest BCUT2D eigenvalue weighted by molar-refractivity contribution is 5.77. The monoisotopic (exact) mass is 182 g/mol. The smallest absolute Gasteiger partial charge is 0.246 e. The molecule has 0 radical (unpaired) electrons. The van der Waals surface area contributed by atoms with E-state index >= 15 is 0 Å². The minimum atomic E-state index is -0.0805. The molecule has 4 nitrogen and oxygen atoms in total. The summed E-state index contributed by atoms with van der Waals surface area (Å²) in [6.45, 7) is 3.12. The number of nitrogens with one attached hydrogen (secondary N) is 2. The van der Waals surface area contributed by atoms with Crippen LogP contribution in [0.5, 0.6) is 0 Å². The molecule has 1 aromatic rings. The molecule has 2 N–H and O–H groups in total. The third kappa shape index (κ3) is 3.75. The van der Waals surface area contributed by atoms with Gasteiger partial charge in [-0.3, -0.25) is 4.79 Å². The van der Waals surface area contributed by atoms with Gasteiger partial charge in [0.15, 0.2) is 0 Å². The molecule has 72 valence electrons. The normalized spacial score (nSPS) is 9.92. The Morgan fingerprint density at radius 1 is 1.69 bits per heavy atom. The molecule has 0 saturated heterocycles. The number of hydrogen-bond donors (Lipinski definition) is 2. The molecule has 1 heterocycles. The van der Waals surface area contributed by atoms with Crippen molar-refractivity contribution < 1.29 is 9.53 Å². The lowest BCUT2D eigenvalue weighted by atomic mass is 10.3. The van der Waals surface area contributed by atoms with Crippen LogP contribution in [0.1, 0.15) is 12.5 Å². The topological polar surface area (TPSA) is 54.1 Å². The number of carbonyl (C=O) groups excluding carboxylic acids is 1. The molecule has 4 heteroatoms. The quantitative estimate of drug-likeness (QED) is 0.703. The van der Waals surface area contributed by atoms with E-state index in [1.807, 2.05) is 25.4 Å². The van der Waals surface area contributed by atoms with Crippen LogP contribution in [-0.4, -0.2) is 24.1 Å². The Labute approximate surface area is 77.3 Å². The van der Waals surface area contributed by atoms with E-state index in [1.54, 1.807) is 0 Å². The van der Waals surface area contributed by atoms with Crippen LogP contribution in [-0.2, 0) is 16.1 Å². The lowest BCUT2D eigenvalue weighted by Crippen LogP contribution is -2.26. The van der Waals surface area contributed by atoms with Crippen molar-refractivity contribution in [3.8, 4) is 0 Å². The lowest BCUT2D eigenvalue weighted by Gasteiger charge is -2.02. The van der Waals surface area contributed by atoms with Gasteiger partial charge in [-0.15, -0.1) is 0 Å². The first kappa shape index (κ1) is 9.80. The molecule has 1 rings (SSSR count). The van der Waals surface area contributed by atoms with Crippen molar-refractivity contribution in [2.75, 3.05) is 13.2 Å². The van der Waals surface area contributed by atoms with E-state index in [0.29, 0.717) is 13.2 Å². The molecular formula is C9H14N2O2. The van der Waals surface area contributed by atoms with Crippen LogP contribution < -0.4 is 5.32 Å². The molecule has 0 saturated carbocycles. The van der Waals surface area contributed by atoms with Gasteiger partial charge < -0.3 is 15.0 Å². The summed E-state index contributed by atoms with van der Waals surface area (Å²) in [7, 11) is 0. The highest BCUT2D eigenvalue weighted by Crippen LogP contribution is 1.94. The summed E-state index contributed by atoms with van der Waals surface area (Å²) in [5.41, 5.74) is 1.06. The minimum Gasteiger partial charge on any atom is -0.372 e. The standard InChI is InChI=1S/C9H14N2O2/c1-2-13-7-9(12)11-6-8-3-4-10-5-8/h3-5,10H,2,6-7H2,1H3,(H,11,12). The Morgan fingerprint density at radius 3 is 3.15 bits per heavy atom. The third-order valence-electron chi connectivity index (χ3n) is 1.59.